The molecule has 0 atom stereocenters. The second-order valence-electron chi connectivity index (χ2n) is 3.82. The Bertz CT molecular complexity index is 491. The first-order chi connectivity index (χ1) is 8.22. The van der Waals surface area contributed by atoms with Gasteiger partial charge in [-0.15, -0.1) is 0 Å². The van der Waals surface area contributed by atoms with Gasteiger partial charge >= 0.3 is 0 Å². The molecule has 2 rings (SSSR count). The van der Waals surface area contributed by atoms with Crippen molar-refractivity contribution in [2.24, 2.45) is 0 Å². The van der Waals surface area contributed by atoms with Crippen LogP contribution in [-0.4, -0.2) is 16.9 Å². The van der Waals surface area contributed by atoms with E-state index in [1.165, 1.54) is 14.8 Å². The molecule has 0 spiro atoms. The molecule has 1 aromatic carbocycles. The van der Waals surface area contributed by atoms with Crippen LogP contribution in [0.25, 0.3) is 0 Å². The summed E-state index contributed by atoms with van der Waals surface area (Å²) in [6, 6.07) is 8.09. The molecule has 0 saturated carbocycles. The van der Waals surface area contributed by atoms with Gasteiger partial charge in [0.15, 0.2) is 0 Å². The van der Waals surface area contributed by atoms with E-state index in [1.807, 2.05) is 16.8 Å². The maximum Gasteiger partial charge on any atom is 0.118 e. The number of hydrogen-bond acceptors (Lipinski definition) is 2. The molecule has 0 unspecified atom stereocenters. The molecule has 17 heavy (non-hydrogen) atoms. The molecule has 0 saturated heterocycles. The number of hydrogen-bond donors (Lipinski definition) is 0. The summed E-state index contributed by atoms with van der Waals surface area (Å²) in [5.41, 5.74) is 2.39. The summed E-state index contributed by atoms with van der Waals surface area (Å²) in [6.45, 7) is 2.93. The summed E-state index contributed by atoms with van der Waals surface area (Å²) in [5, 5.41) is 4.54. The molecular weight excluding hydrogens is 327 g/mol. The molecule has 0 amide bonds. The summed E-state index contributed by atoms with van der Waals surface area (Å²) in [4.78, 5) is 0. The molecule has 3 nitrogen and oxygen atoms in total. The molecule has 1 heterocycles. The minimum atomic E-state index is 0.806. The molecule has 0 N–H and O–H groups in total. The van der Waals surface area contributed by atoms with Crippen molar-refractivity contribution in [3.8, 4) is 5.75 Å². The Morgan fingerprint density at radius 2 is 2.00 bits per heavy atom. The molecular formula is C13H15IN2O. The van der Waals surface area contributed by atoms with E-state index in [0.717, 1.165) is 18.7 Å². The Kier molecular flexibility index (Phi) is 4.04. The third-order valence-corrected chi connectivity index (χ3v) is 3.53. The average molecular weight is 342 g/mol. The van der Waals surface area contributed by atoms with Crippen LogP contribution in [0.4, 0.5) is 0 Å². The Morgan fingerprint density at radius 1 is 1.29 bits per heavy atom. The number of benzene rings is 1. The van der Waals surface area contributed by atoms with Crippen LogP contribution < -0.4 is 4.74 Å². The monoisotopic (exact) mass is 342 g/mol. The van der Waals surface area contributed by atoms with Crippen LogP contribution in [0.3, 0.4) is 0 Å². The molecule has 0 aliphatic rings. The predicted molar refractivity (Wildman–Crippen MR) is 76.4 cm³/mol. The van der Waals surface area contributed by atoms with Gasteiger partial charge in [-0.3, -0.25) is 4.68 Å². The summed E-state index contributed by atoms with van der Waals surface area (Å²) in [5.74, 6) is 0.887. The van der Waals surface area contributed by atoms with E-state index >= 15 is 0 Å². The van der Waals surface area contributed by atoms with E-state index in [-0.39, 0.29) is 0 Å². The topological polar surface area (TPSA) is 27.1 Å². The van der Waals surface area contributed by atoms with E-state index in [2.05, 4.69) is 52.9 Å². The van der Waals surface area contributed by atoms with Crippen molar-refractivity contribution < 1.29 is 4.74 Å². The second-order valence-corrected chi connectivity index (χ2v) is 4.99. The van der Waals surface area contributed by atoms with Crippen molar-refractivity contribution in [2.75, 3.05) is 7.11 Å². The SMILES string of the molecule is CCc1nn(Cc2ccc(OC)cc2)cc1I. The van der Waals surface area contributed by atoms with Crippen molar-refractivity contribution in [1.29, 1.82) is 0 Å². The minimum Gasteiger partial charge on any atom is -0.497 e. The smallest absolute Gasteiger partial charge is 0.118 e. The maximum atomic E-state index is 5.14. The zero-order chi connectivity index (χ0) is 12.3. The van der Waals surface area contributed by atoms with E-state index in [4.69, 9.17) is 4.74 Å². The van der Waals surface area contributed by atoms with Gasteiger partial charge in [0, 0.05) is 6.20 Å². The molecule has 0 fully saturated rings. The Morgan fingerprint density at radius 3 is 2.53 bits per heavy atom. The number of halogens is 1. The van der Waals surface area contributed by atoms with E-state index in [1.54, 1.807) is 7.11 Å². The minimum absolute atomic E-state index is 0.806. The molecule has 4 heteroatoms. The lowest BCUT2D eigenvalue weighted by Gasteiger charge is -2.03. The van der Waals surface area contributed by atoms with E-state index in [9.17, 15) is 0 Å². The highest BCUT2D eigenvalue weighted by Crippen LogP contribution is 2.14. The first kappa shape index (κ1) is 12.4. The molecule has 1 aromatic heterocycles. The van der Waals surface area contributed by atoms with Crippen LogP contribution >= 0.6 is 22.6 Å². The normalized spacial score (nSPS) is 10.5. The second kappa shape index (κ2) is 5.53. The third-order valence-electron chi connectivity index (χ3n) is 2.63. The van der Waals surface area contributed by atoms with Crippen LogP contribution in [0.1, 0.15) is 18.2 Å². The van der Waals surface area contributed by atoms with Crippen molar-refractivity contribution in [3.63, 3.8) is 0 Å². The van der Waals surface area contributed by atoms with Gasteiger partial charge in [0.05, 0.1) is 22.9 Å². The average Bonchev–Trinajstić information content (AvgIpc) is 2.70. The van der Waals surface area contributed by atoms with E-state index < -0.39 is 0 Å². The van der Waals surface area contributed by atoms with Crippen molar-refractivity contribution in [2.45, 2.75) is 19.9 Å². The number of nitrogens with zero attached hydrogens (tertiary/aromatic N) is 2. The van der Waals surface area contributed by atoms with Gasteiger partial charge in [-0.25, -0.2) is 0 Å². The fourth-order valence-electron chi connectivity index (χ4n) is 1.68. The van der Waals surface area contributed by atoms with Gasteiger partial charge in [-0.2, -0.15) is 5.10 Å². The number of rotatable bonds is 4. The quantitative estimate of drug-likeness (QED) is 0.799. The summed E-state index contributed by atoms with van der Waals surface area (Å²) < 4.78 is 8.36. The lowest BCUT2D eigenvalue weighted by molar-refractivity contribution is 0.414. The third kappa shape index (κ3) is 3.00. The van der Waals surface area contributed by atoms with Crippen molar-refractivity contribution >= 4 is 22.6 Å². The summed E-state index contributed by atoms with van der Waals surface area (Å²) >= 11 is 2.33. The first-order valence-corrected chi connectivity index (χ1v) is 6.65. The fourth-order valence-corrected chi connectivity index (χ4v) is 2.49. The molecule has 2 aromatic rings. The molecule has 0 radical (unpaired) electrons. The van der Waals surface area contributed by atoms with Gasteiger partial charge in [-0.1, -0.05) is 19.1 Å². The Labute approximate surface area is 115 Å². The molecule has 0 bridgehead atoms. The van der Waals surface area contributed by atoms with Gasteiger partial charge in [0.1, 0.15) is 5.75 Å². The Balaban J connectivity index is 2.13. The highest BCUT2D eigenvalue weighted by atomic mass is 127. The Hall–Kier alpha value is -1.04. The lowest BCUT2D eigenvalue weighted by atomic mass is 10.2. The van der Waals surface area contributed by atoms with Crippen LogP contribution in [-0.2, 0) is 13.0 Å². The largest absolute Gasteiger partial charge is 0.497 e. The summed E-state index contributed by atoms with van der Waals surface area (Å²) in [7, 11) is 1.68. The van der Waals surface area contributed by atoms with E-state index in [0.29, 0.717) is 0 Å². The summed E-state index contributed by atoms with van der Waals surface area (Å²) in [6.07, 6.45) is 3.07. The predicted octanol–water partition coefficient (Wildman–Crippen LogP) is 3.11. The lowest BCUT2D eigenvalue weighted by Crippen LogP contribution is -2.00. The maximum absolute atomic E-state index is 5.14. The highest BCUT2D eigenvalue weighted by molar-refractivity contribution is 14.1. The van der Waals surface area contributed by atoms with Crippen molar-refractivity contribution in [3.05, 3.63) is 45.3 Å². The highest BCUT2D eigenvalue weighted by Gasteiger charge is 2.04. The van der Waals surface area contributed by atoms with Crippen LogP contribution in [0.2, 0.25) is 0 Å². The van der Waals surface area contributed by atoms with Gasteiger partial charge in [0.2, 0.25) is 0 Å². The fraction of sp³-hybridized carbons (Fsp3) is 0.308. The standard InChI is InChI=1S/C13H15IN2O/c1-3-13-12(14)9-16(15-13)8-10-4-6-11(17-2)7-5-10/h4-7,9H,3,8H2,1-2H3. The van der Waals surface area contributed by atoms with Gasteiger partial charge in [-0.05, 0) is 46.7 Å². The van der Waals surface area contributed by atoms with Crippen molar-refractivity contribution in [1.82, 2.24) is 9.78 Å². The first-order valence-electron chi connectivity index (χ1n) is 5.57. The number of aryl methyl sites for hydroxylation is 1. The van der Waals surface area contributed by atoms with Gasteiger partial charge in [0.25, 0.3) is 0 Å². The number of aromatic nitrogens is 2. The number of ether oxygens (including phenoxy) is 1. The van der Waals surface area contributed by atoms with Crippen LogP contribution in [0, 0.1) is 3.57 Å². The number of methoxy groups -OCH3 is 1. The molecule has 0 aliphatic heterocycles. The molecule has 0 aliphatic carbocycles. The van der Waals surface area contributed by atoms with Crippen LogP contribution in [0.5, 0.6) is 5.75 Å². The zero-order valence-corrected chi connectivity index (χ0v) is 12.1. The van der Waals surface area contributed by atoms with Crippen LogP contribution in [0.15, 0.2) is 30.5 Å². The molecule has 90 valence electrons. The zero-order valence-electron chi connectivity index (χ0n) is 9.98. The van der Waals surface area contributed by atoms with Gasteiger partial charge < -0.3 is 4.74 Å².